The normalized spacial score (nSPS) is 11.1. The van der Waals surface area contributed by atoms with Gasteiger partial charge in [0.15, 0.2) is 0 Å². The summed E-state index contributed by atoms with van der Waals surface area (Å²) in [6, 6.07) is 10.2. The van der Waals surface area contributed by atoms with E-state index in [1.807, 2.05) is 29.7 Å². The largest absolute Gasteiger partial charge is 0.303 e. The molecular weight excluding hydrogens is 212 g/mol. The molecule has 0 atom stereocenters. The Morgan fingerprint density at radius 3 is 2.94 bits per heavy atom. The summed E-state index contributed by atoms with van der Waals surface area (Å²) in [6.07, 6.45) is 3.31. The van der Waals surface area contributed by atoms with Gasteiger partial charge < -0.3 is 9.20 Å². The van der Waals surface area contributed by atoms with Gasteiger partial charge in [-0.05, 0) is 18.4 Å². The van der Waals surface area contributed by atoms with E-state index < -0.39 is 0 Å². The lowest BCUT2D eigenvalue weighted by molar-refractivity contribution is -0.107. The Balaban J connectivity index is 2.44. The molecule has 0 saturated carbocycles. The molecule has 84 valence electrons. The molecular formula is C14H12N2O. The van der Waals surface area contributed by atoms with Gasteiger partial charge in [0.1, 0.15) is 11.9 Å². The summed E-state index contributed by atoms with van der Waals surface area (Å²) in [5, 5.41) is 2.29. The van der Waals surface area contributed by atoms with Crippen molar-refractivity contribution >= 4 is 22.7 Å². The lowest BCUT2D eigenvalue weighted by atomic mass is 10.2. The van der Waals surface area contributed by atoms with Crippen LogP contribution in [0.2, 0.25) is 0 Å². The van der Waals surface area contributed by atoms with Crippen molar-refractivity contribution in [2.45, 2.75) is 13.3 Å². The zero-order valence-corrected chi connectivity index (χ0v) is 9.55. The van der Waals surface area contributed by atoms with Crippen LogP contribution in [0.15, 0.2) is 36.5 Å². The molecule has 0 radical (unpaired) electrons. The highest BCUT2D eigenvalue weighted by molar-refractivity contribution is 5.94. The van der Waals surface area contributed by atoms with Crippen LogP contribution >= 0.6 is 0 Å². The van der Waals surface area contributed by atoms with Crippen molar-refractivity contribution in [2.75, 3.05) is 0 Å². The van der Waals surface area contributed by atoms with Crippen LogP contribution in [-0.4, -0.2) is 15.7 Å². The fraction of sp³-hybridized carbons (Fsp3) is 0.143. The van der Waals surface area contributed by atoms with Gasteiger partial charge in [0.25, 0.3) is 0 Å². The molecule has 3 heteroatoms. The molecule has 0 saturated heterocycles. The quantitative estimate of drug-likeness (QED) is 0.627. The first-order valence-corrected chi connectivity index (χ1v) is 5.60. The number of aromatic nitrogens is 2. The highest BCUT2D eigenvalue weighted by Gasteiger charge is 2.10. The van der Waals surface area contributed by atoms with Crippen LogP contribution < -0.4 is 0 Å². The van der Waals surface area contributed by atoms with Gasteiger partial charge in [0.2, 0.25) is 0 Å². The topological polar surface area (TPSA) is 34.4 Å². The molecule has 0 aliphatic carbocycles. The number of aldehydes is 1. The Labute approximate surface area is 98.7 Å². The van der Waals surface area contributed by atoms with Gasteiger partial charge in [-0.2, -0.15) is 0 Å². The third kappa shape index (κ3) is 1.43. The highest BCUT2D eigenvalue weighted by Crippen LogP contribution is 2.21. The Morgan fingerprint density at radius 2 is 2.12 bits per heavy atom. The highest BCUT2D eigenvalue weighted by atomic mass is 16.1. The van der Waals surface area contributed by atoms with Crippen molar-refractivity contribution in [1.82, 2.24) is 9.38 Å². The maximum absolute atomic E-state index is 10.7. The fourth-order valence-electron chi connectivity index (χ4n) is 2.26. The second-order valence-electron chi connectivity index (χ2n) is 4.11. The third-order valence-corrected chi connectivity index (χ3v) is 3.09. The van der Waals surface area contributed by atoms with Crippen molar-refractivity contribution in [2.24, 2.45) is 0 Å². The van der Waals surface area contributed by atoms with E-state index in [-0.39, 0.29) is 0 Å². The Kier molecular flexibility index (Phi) is 2.18. The number of hydrogen-bond donors (Lipinski definition) is 0. The summed E-state index contributed by atoms with van der Waals surface area (Å²) in [5.41, 5.74) is 2.83. The van der Waals surface area contributed by atoms with E-state index in [4.69, 9.17) is 0 Å². The molecule has 1 aromatic carbocycles. The van der Waals surface area contributed by atoms with Gasteiger partial charge in [0, 0.05) is 18.0 Å². The molecule has 0 N–H and O–H groups in total. The minimum atomic E-state index is 0.408. The van der Waals surface area contributed by atoms with Gasteiger partial charge in [-0.15, -0.1) is 0 Å². The van der Waals surface area contributed by atoms with E-state index in [0.717, 1.165) is 28.7 Å². The minimum absolute atomic E-state index is 0.408. The van der Waals surface area contributed by atoms with Crippen LogP contribution in [-0.2, 0) is 11.2 Å². The Hall–Kier alpha value is -2.16. The monoisotopic (exact) mass is 224 g/mol. The average molecular weight is 224 g/mol. The van der Waals surface area contributed by atoms with Crippen LogP contribution in [0.4, 0.5) is 0 Å². The van der Waals surface area contributed by atoms with Crippen LogP contribution in [0.1, 0.15) is 11.4 Å². The molecule has 0 spiro atoms. The minimum Gasteiger partial charge on any atom is -0.303 e. The van der Waals surface area contributed by atoms with E-state index in [1.54, 1.807) is 0 Å². The van der Waals surface area contributed by atoms with Gasteiger partial charge in [0.05, 0.1) is 11.4 Å². The number of hydrogen-bond acceptors (Lipinski definition) is 2. The Morgan fingerprint density at radius 1 is 1.29 bits per heavy atom. The van der Waals surface area contributed by atoms with E-state index in [9.17, 15) is 4.79 Å². The molecule has 3 nitrogen and oxygen atoms in total. The van der Waals surface area contributed by atoms with E-state index in [2.05, 4.69) is 23.2 Å². The standard InChI is InChI=1S/C14H12N2O/c1-10-13(7-9-17)16-8-6-11-4-2-3-5-12(11)14(16)15-10/h2-6,8-9H,7H2,1H3. The summed E-state index contributed by atoms with van der Waals surface area (Å²) < 4.78 is 2.01. The zero-order chi connectivity index (χ0) is 11.8. The van der Waals surface area contributed by atoms with Gasteiger partial charge in [-0.1, -0.05) is 24.3 Å². The summed E-state index contributed by atoms with van der Waals surface area (Å²) in [7, 11) is 0. The molecule has 0 unspecified atom stereocenters. The third-order valence-electron chi connectivity index (χ3n) is 3.09. The molecule has 2 heterocycles. The van der Waals surface area contributed by atoms with Crippen LogP contribution in [0.25, 0.3) is 16.4 Å². The lowest BCUT2D eigenvalue weighted by Crippen LogP contribution is -1.95. The number of nitrogens with zero attached hydrogens (tertiary/aromatic N) is 2. The number of aryl methyl sites for hydroxylation is 1. The van der Waals surface area contributed by atoms with Crippen LogP contribution in [0, 0.1) is 6.92 Å². The van der Waals surface area contributed by atoms with E-state index >= 15 is 0 Å². The Bertz CT molecular complexity index is 713. The molecule has 0 amide bonds. The summed E-state index contributed by atoms with van der Waals surface area (Å²) >= 11 is 0. The number of carbonyl (C=O) groups is 1. The second-order valence-corrected chi connectivity index (χ2v) is 4.11. The predicted molar refractivity (Wildman–Crippen MR) is 67.2 cm³/mol. The predicted octanol–water partition coefficient (Wildman–Crippen LogP) is 2.54. The number of fused-ring (bicyclic) bond motifs is 3. The number of rotatable bonds is 2. The second kappa shape index (κ2) is 3.70. The number of benzene rings is 1. The maximum atomic E-state index is 10.7. The summed E-state index contributed by atoms with van der Waals surface area (Å²) in [4.78, 5) is 15.3. The molecule has 3 aromatic rings. The number of pyridine rings is 1. The van der Waals surface area contributed by atoms with Crippen LogP contribution in [0.3, 0.4) is 0 Å². The first-order valence-electron chi connectivity index (χ1n) is 5.60. The zero-order valence-electron chi connectivity index (χ0n) is 9.55. The van der Waals surface area contributed by atoms with Gasteiger partial charge in [-0.25, -0.2) is 4.98 Å². The number of imidazole rings is 1. The average Bonchev–Trinajstić information content (AvgIpc) is 2.67. The number of carbonyl (C=O) groups excluding carboxylic acids is 1. The van der Waals surface area contributed by atoms with Crippen molar-refractivity contribution in [3.63, 3.8) is 0 Å². The first-order chi connectivity index (χ1) is 8.31. The summed E-state index contributed by atoms with van der Waals surface area (Å²) in [5.74, 6) is 0. The molecule has 0 bridgehead atoms. The van der Waals surface area contributed by atoms with Crippen LogP contribution in [0.5, 0.6) is 0 Å². The molecule has 0 fully saturated rings. The van der Waals surface area contributed by atoms with Crippen molar-refractivity contribution in [3.05, 3.63) is 47.9 Å². The van der Waals surface area contributed by atoms with E-state index in [0.29, 0.717) is 6.42 Å². The van der Waals surface area contributed by atoms with Crippen molar-refractivity contribution < 1.29 is 4.79 Å². The van der Waals surface area contributed by atoms with Crippen molar-refractivity contribution in [3.8, 4) is 0 Å². The van der Waals surface area contributed by atoms with Crippen molar-refractivity contribution in [1.29, 1.82) is 0 Å². The smallest absolute Gasteiger partial charge is 0.145 e. The molecule has 0 aliphatic heterocycles. The molecule has 3 rings (SSSR count). The van der Waals surface area contributed by atoms with Gasteiger partial charge in [-0.3, -0.25) is 0 Å². The van der Waals surface area contributed by atoms with Gasteiger partial charge >= 0.3 is 0 Å². The fourth-order valence-corrected chi connectivity index (χ4v) is 2.26. The molecule has 17 heavy (non-hydrogen) atoms. The molecule has 0 aliphatic rings. The first kappa shape index (κ1) is 10.0. The molecule has 2 aromatic heterocycles. The summed E-state index contributed by atoms with van der Waals surface area (Å²) in [6.45, 7) is 1.95. The maximum Gasteiger partial charge on any atom is 0.145 e. The SMILES string of the molecule is Cc1nc2c3ccccc3ccn2c1CC=O. The van der Waals surface area contributed by atoms with E-state index in [1.165, 1.54) is 5.39 Å². The lowest BCUT2D eigenvalue weighted by Gasteiger charge is -2.02.